The Kier molecular flexibility index (Phi) is 8.44. The third kappa shape index (κ3) is 5.36. The van der Waals surface area contributed by atoms with Crippen LogP contribution >= 0.6 is 0 Å². The Labute approximate surface area is 375 Å². The maximum Gasteiger partial charge on any atom is 0.179 e. The average molecular weight is 830 g/mol. The van der Waals surface area contributed by atoms with Crippen molar-refractivity contribution in [3.63, 3.8) is 0 Å². The lowest BCUT2D eigenvalue weighted by molar-refractivity contribution is 0.752. The standard InChI is InChI=1S/C62H43NSi/c1-4-20-42(21-5-1)44-24-16-28-47(40-44)64(46-26-8-3-9-27-46,48-29-17-25-45(41-48)43-22-6-2-7-23-43)58-39-19-35-54-59-51-32-10-11-33-52(51)62(61(54)58)60-53(59)34-18-38-57(60)63-55-36-14-12-30-49(55)50-31-13-15-37-56(50)63/h1-41,59,62H. The normalized spacial score (nSPS) is 14.9. The summed E-state index contributed by atoms with van der Waals surface area (Å²) < 4.78 is 2.56. The first-order valence-electron chi connectivity index (χ1n) is 22.5. The Morgan fingerprint density at radius 1 is 0.297 bits per heavy atom. The van der Waals surface area contributed by atoms with Crippen molar-refractivity contribution in [3.8, 4) is 27.9 Å². The summed E-state index contributed by atoms with van der Waals surface area (Å²) in [6, 6.07) is 94.1. The van der Waals surface area contributed by atoms with Gasteiger partial charge in [0, 0.05) is 22.6 Å². The highest BCUT2D eigenvalue weighted by atomic mass is 28.3. The second-order valence-corrected chi connectivity index (χ2v) is 21.2. The molecule has 2 bridgehead atoms. The zero-order valence-electron chi connectivity index (χ0n) is 35.3. The summed E-state index contributed by atoms with van der Waals surface area (Å²) in [5.74, 6) is 0.0942. The number of hydrogen-bond acceptors (Lipinski definition) is 0. The number of benzene rings is 10. The summed E-state index contributed by atoms with van der Waals surface area (Å²) >= 11 is 0. The van der Waals surface area contributed by atoms with E-state index in [4.69, 9.17) is 0 Å². The van der Waals surface area contributed by atoms with Crippen LogP contribution in [0.4, 0.5) is 0 Å². The molecule has 0 amide bonds. The van der Waals surface area contributed by atoms with Crippen molar-refractivity contribution in [2.24, 2.45) is 0 Å². The Morgan fingerprint density at radius 2 is 0.719 bits per heavy atom. The highest BCUT2D eigenvalue weighted by molar-refractivity contribution is 7.20. The van der Waals surface area contributed by atoms with Crippen LogP contribution in [0.1, 0.15) is 45.2 Å². The summed E-state index contributed by atoms with van der Waals surface area (Å²) in [5, 5.41) is 8.16. The lowest BCUT2D eigenvalue weighted by Gasteiger charge is -2.47. The van der Waals surface area contributed by atoms with Crippen LogP contribution in [0.25, 0.3) is 49.7 Å². The van der Waals surface area contributed by atoms with Gasteiger partial charge >= 0.3 is 0 Å². The van der Waals surface area contributed by atoms with Gasteiger partial charge in [-0.15, -0.1) is 0 Å². The van der Waals surface area contributed by atoms with Gasteiger partial charge in [0.15, 0.2) is 8.07 Å². The maximum atomic E-state index is 2.56. The number of para-hydroxylation sites is 2. The number of hydrogen-bond donors (Lipinski definition) is 0. The summed E-state index contributed by atoms with van der Waals surface area (Å²) in [7, 11) is -3.17. The van der Waals surface area contributed by atoms with Crippen LogP contribution in [-0.4, -0.2) is 12.6 Å². The SMILES string of the molecule is c1ccc(-c2cccc([Si](c3ccccc3)(c3cccc(-c4ccccc4)c3)c3cccc4c3C3c5ccccc5C4c4cccc(-n5c6ccccc6c6ccccc65)c43)c2)cc1. The average Bonchev–Trinajstić information content (AvgIpc) is 3.71. The molecule has 2 unspecified atom stereocenters. The van der Waals surface area contributed by atoms with E-state index in [1.54, 1.807) is 0 Å². The van der Waals surface area contributed by atoms with Crippen molar-refractivity contribution < 1.29 is 0 Å². The van der Waals surface area contributed by atoms with Crippen molar-refractivity contribution in [2.45, 2.75) is 11.8 Å². The van der Waals surface area contributed by atoms with E-state index in [1.807, 2.05) is 0 Å². The van der Waals surface area contributed by atoms with E-state index in [0.29, 0.717) is 0 Å². The van der Waals surface area contributed by atoms with E-state index < -0.39 is 8.07 Å². The molecule has 0 N–H and O–H groups in total. The number of aromatic nitrogens is 1. The molecule has 0 fully saturated rings. The molecular formula is C62H43NSi. The molecule has 64 heavy (non-hydrogen) atoms. The number of rotatable bonds is 7. The van der Waals surface area contributed by atoms with Crippen LogP contribution in [0.15, 0.2) is 249 Å². The van der Waals surface area contributed by atoms with Crippen molar-refractivity contribution in [1.82, 2.24) is 4.57 Å². The van der Waals surface area contributed by atoms with Crippen LogP contribution < -0.4 is 20.7 Å². The van der Waals surface area contributed by atoms with Crippen molar-refractivity contribution in [2.75, 3.05) is 0 Å². The molecule has 0 saturated heterocycles. The minimum absolute atomic E-state index is 0.00345. The maximum absolute atomic E-state index is 3.17. The number of nitrogens with zero attached hydrogens (tertiary/aromatic N) is 1. The molecule has 0 saturated carbocycles. The van der Waals surface area contributed by atoms with E-state index in [2.05, 4.69) is 253 Å². The van der Waals surface area contributed by atoms with Gasteiger partial charge in [0.25, 0.3) is 0 Å². The van der Waals surface area contributed by atoms with Gasteiger partial charge in [-0.3, -0.25) is 0 Å². The van der Waals surface area contributed by atoms with Crippen LogP contribution in [-0.2, 0) is 0 Å². The molecule has 14 rings (SSSR count). The third-order valence-corrected chi connectivity index (χ3v) is 19.1. The van der Waals surface area contributed by atoms with Crippen LogP contribution in [0.5, 0.6) is 0 Å². The fourth-order valence-electron chi connectivity index (χ4n) is 11.8. The molecule has 11 aromatic rings. The molecule has 1 aromatic heterocycles. The first kappa shape index (κ1) is 36.8. The van der Waals surface area contributed by atoms with Crippen LogP contribution in [0, 0.1) is 0 Å². The van der Waals surface area contributed by atoms with E-state index in [-0.39, 0.29) is 11.8 Å². The largest absolute Gasteiger partial charge is 0.309 e. The smallest absolute Gasteiger partial charge is 0.179 e. The minimum atomic E-state index is -3.17. The van der Waals surface area contributed by atoms with Crippen molar-refractivity contribution in [3.05, 3.63) is 282 Å². The van der Waals surface area contributed by atoms with E-state index in [1.165, 1.54) is 104 Å². The Hall–Kier alpha value is -7.78. The zero-order valence-corrected chi connectivity index (χ0v) is 36.3. The van der Waals surface area contributed by atoms with Gasteiger partial charge in [0.05, 0.1) is 16.7 Å². The molecule has 3 aliphatic carbocycles. The molecule has 10 aromatic carbocycles. The van der Waals surface area contributed by atoms with Gasteiger partial charge in [-0.1, -0.05) is 231 Å². The van der Waals surface area contributed by atoms with E-state index in [0.717, 1.165) is 0 Å². The molecule has 3 aliphatic rings. The summed E-state index contributed by atoms with van der Waals surface area (Å²) in [5.41, 5.74) is 17.3. The van der Waals surface area contributed by atoms with Gasteiger partial charge in [-0.25, -0.2) is 0 Å². The molecule has 300 valence electrons. The molecule has 2 atom stereocenters. The molecule has 0 spiro atoms. The topological polar surface area (TPSA) is 4.93 Å². The summed E-state index contributed by atoms with van der Waals surface area (Å²) in [6.07, 6.45) is 0. The molecule has 2 heteroatoms. The van der Waals surface area contributed by atoms with Gasteiger partial charge in [0.1, 0.15) is 0 Å². The lowest BCUT2D eigenvalue weighted by atomic mass is 9.60. The number of fused-ring (bicyclic) bond motifs is 3. The van der Waals surface area contributed by atoms with Crippen LogP contribution in [0.2, 0.25) is 0 Å². The Balaban J connectivity index is 1.16. The van der Waals surface area contributed by atoms with E-state index >= 15 is 0 Å². The van der Waals surface area contributed by atoms with E-state index in [9.17, 15) is 0 Å². The lowest BCUT2D eigenvalue weighted by Crippen LogP contribution is -2.75. The fourth-order valence-corrected chi connectivity index (χ4v) is 16.9. The predicted molar refractivity (Wildman–Crippen MR) is 270 cm³/mol. The Morgan fingerprint density at radius 3 is 1.31 bits per heavy atom. The summed E-state index contributed by atoms with van der Waals surface area (Å²) in [6.45, 7) is 0. The highest BCUT2D eigenvalue weighted by Gasteiger charge is 2.50. The quantitative estimate of drug-likeness (QED) is 0.111. The van der Waals surface area contributed by atoms with Gasteiger partial charge in [-0.2, -0.15) is 0 Å². The molecule has 1 heterocycles. The van der Waals surface area contributed by atoms with Gasteiger partial charge < -0.3 is 4.57 Å². The first-order chi connectivity index (χ1) is 31.8. The minimum Gasteiger partial charge on any atom is -0.309 e. The molecule has 0 radical (unpaired) electrons. The first-order valence-corrected chi connectivity index (χ1v) is 24.5. The Bertz CT molecular complexity index is 3430. The third-order valence-electron chi connectivity index (χ3n) is 14.3. The van der Waals surface area contributed by atoms with Crippen molar-refractivity contribution >= 4 is 50.6 Å². The second kappa shape index (κ2) is 14.7. The fraction of sp³-hybridized carbons (Fsp3) is 0.0323. The van der Waals surface area contributed by atoms with Gasteiger partial charge in [0.2, 0.25) is 0 Å². The van der Waals surface area contributed by atoms with Gasteiger partial charge in [-0.05, 0) is 94.6 Å². The molecule has 1 nitrogen and oxygen atoms in total. The molecular weight excluding hydrogens is 787 g/mol. The predicted octanol–water partition coefficient (Wildman–Crippen LogP) is 12.5. The second-order valence-electron chi connectivity index (χ2n) is 17.5. The van der Waals surface area contributed by atoms with Crippen molar-refractivity contribution in [1.29, 1.82) is 0 Å². The highest BCUT2D eigenvalue weighted by Crippen LogP contribution is 2.57. The molecule has 0 aliphatic heterocycles. The monoisotopic (exact) mass is 829 g/mol. The zero-order chi connectivity index (χ0) is 42.2. The van der Waals surface area contributed by atoms with Crippen LogP contribution in [0.3, 0.4) is 0 Å². The summed E-state index contributed by atoms with van der Waals surface area (Å²) in [4.78, 5) is 0.